The molecule has 1 aliphatic rings. The number of aromatic amines is 2. The van der Waals surface area contributed by atoms with E-state index in [-0.39, 0.29) is 178 Å². The van der Waals surface area contributed by atoms with E-state index in [1.807, 2.05) is 52.0 Å². The Kier molecular flexibility index (Phi) is 54.1. The number of carbonyl (C=O) groups is 17. The number of rotatable bonds is 64. The summed E-state index contributed by atoms with van der Waals surface area (Å²) >= 11 is 2.25. The van der Waals surface area contributed by atoms with Crippen molar-refractivity contribution < 1.29 is 91.4 Å². The number of carbonyl (C=O) groups excluding carboxylic acids is 16. The lowest BCUT2D eigenvalue weighted by molar-refractivity contribution is -0.142. The number of imidazole rings is 1. The highest BCUT2D eigenvalue weighted by Crippen LogP contribution is 2.24. The molecule has 29 N–H and O–H groups in total. The first-order valence-corrected chi connectivity index (χ1v) is 52.4. The number of unbranched alkanes of at least 4 members (excludes halogenated alkanes) is 1. The van der Waals surface area contributed by atoms with Crippen molar-refractivity contribution >= 4 is 134 Å². The maximum atomic E-state index is 14.9. The van der Waals surface area contributed by atoms with Crippen LogP contribution in [0.1, 0.15) is 221 Å². The molecule has 1 saturated heterocycles. The quantitative estimate of drug-likeness (QED) is 0.0186. The largest absolute Gasteiger partial charge is 0.480 e. The van der Waals surface area contributed by atoms with E-state index in [9.17, 15) is 86.6 Å². The van der Waals surface area contributed by atoms with E-state index >= 15 is 0 Å². The number of hydrogen-bond acceptors (Lipinski definition) is 25. The molecule has 0 bridgehead atoms. The van der Waals surface area contributed by atoms with Gasteiger partial charge in [0.1, 0.15) is 48.3 Å². The van der Waals surface area contributed by atoms with Crippen molar-refractivity contribution in [1.82, 2.24) is 111 Å². The first-order valence-electron chi connectivity index (χ1n) is 51.3. The molecule has 0 saturated carbocycles. The minimum absolute atomic E-state index is 0.00128. The van der Waals surface area contributed by atoms with E-state index in [1.54, 1.807) is 109 Å². The van der Waals surface area contributed by atoms with E-state index in [1.165, 1.54) is 13.3 Å². The van der Waals surface area contributed by atoms with Crippen molar-refractivity contribution in [2.45, 2.75) is 300 Å². The third kappa shape index (κ3) is 48.0. The summed E-state index contributed by atoms with van der Waals surface area (Å²) in [6, 6.07) is 13.2. The molecule has 45 heteroatoms. The maximum absolute atomic E-state index is 14.9. The maximum Gasteiger partial charge on any atom is 0.326 e. The SMILES string of the molecule is CC(C)CC(NC(=O)CC[C@H](CC(C)C)NC(=O)C(Cc1c[nH]cn1)NC(=O)CNC(=O)C(NC(=O)[C@H](C)NC(=O)C(Cc1c[nH]c2ccccc12)NC(=O)[C@H](CCC(N)=O)NC(=O)[C@@H](Cc1ccccc1)NC(=O)CCC(C)(C)OCC(C)(C)NC(=O)CCCC(=O)NC1(CN)CNCCNCC(CN)(NC(=O)CCCC(=O)NC(CCCCNC(=O)CCCc2ccc(I)cc2)C(=O)O)CNCCNC1)C(C)C)C(N)=O. The average Bonchev–Trinajstić information content (AvgIpc) is 1.74. The van der Waals surface area contributed by atoms with Crippen LogP contribution in [0.4, 0.5) is 0 Å². The number of fused-ring (bicyclic) bond motifs is 1. The zero-order valence-electron chi connectivity index (χ0n) is 87.6. The van der Waals surface area contributed by atoms with Gasteiger partial charge in [-0.1, -0.05) is 102 Å². The van der Waals surface area contributed by atoms with Crippen LogP contribution in [0.2, 0.25) is 0 Å². The first kappa shape index (κ1) is 125. The molecule has 820 valence electrons. The number of aryl methyl sites for hydroxylation is 1. The summed E-state index contributed by atoms with van der Waals surface area (Å²) in [4.78, 5) is 241. The van der Waals surface area contributed by atoms with Gasteiger partial charge in [-0.3, -0.25) is 76.7 Å². The highest BCUT2D eigenvalue weighted by atomic mass is 127. The standard InChI is InChI=1S/C103H162IN25O19/c1-64(2)48-72(37-40-85(133)121-78(92(108)139)49-65(3)4)119-96(143)81(52-73-54-113-63-117-73)123-90(138)55-116-98(145)91(66(5)6)126-93(140)67(7)118-95(142)80(51-70-53-115-75-26-16-15-25-74(70)75)125-94(141)76(38-39-82(107)130)124-97(144)79(50-69-22-13-12-14-23-69)122-86(134)41-42-101(10,11)148-62-100(8,9)127-87(135)30-21-32-89(137)129-103(57-106)60-111-46-44-109-58-102(56-105,59-110-45-47-112-61-103)128-88(136)31-20-29-84(132)120-77(99(146)147)27-17-18-43-114-83(131)28-19-24-68-33-35-71(104)36-34-68/h12-16,22-23,25-26,33-36,53-54,63-67,72,76-81,91,109-112,115H,17-21,24,27-32,37-52,55-62,105-106H2,1-11H3,(H2,107,130)(H2,108,139)(H,113,117)(H,114,131)(H,116,145)(H,118,142)(H,119,143)(H,120,132)(H,121,133)(H,122,134)(H,123,138)(H,124,144)(H,125,141)(H,126,140)(H,127,135)(H,128,136)(H,129,137)(H,146,147)/t67-,72+,76-,77?,78?,79+,80?,81?,91?,102?,103?/m0/s1. The third-order valence-corrected chi connectivity index (χ3v) is 25.9. The normalized spacial score (nSPS) is 16.6. The Morgan fingerprint density at radius 3 is 1.58 bits per heavy atom. The average molecular weight is 2180 g/mol. The highest BCUT2D eigenvalue weighted by molar-refractivity contribution is 14.1. The van der Waals surface area contributed by atoms with Crippen molar-refractivity contribution in [3.05, 3.63) is 124 Å². The molecule has 0 spiro atoms. The van der Waals surface area contributed by atoms with E-state index in [4.69, 9.17) is 27.7 Å². The number of benzene rings is 3. The zero-order chi connectivity index (χ0) is 109. The number of para-hydroxylation sites is 1. The number of halogens is 1. The number of nitrogens with zero attached hydrogens (tertiary/aromatic N) is 1. The fraction of sp³-hybridized carbons (Fsp3) is 0.612. The molecule has 1 aliphatic heterocycles. The summed E-state index contributed by atoms with van der Waals surface area (Å²) in [6.07, 6.45) is 7.63. The summed E-state index contributed by atoms with van der Waals surface area (Å²) in [5.41, 5.74) is 23.7. The van der Waals surface area contributed by atoms with Crippen LogP contribution >= 0.6 is 22.6 Å². The summed E-state index contributed by atoms with van der Waals surface area (Å²) < 4.78 is 7.50. The van der Waals surface area contributed by atoms with Crippen LogP contribution in [0.3, 0.4) is 0 Å². The van der Waals surface area contributed by atoms with Gasteiger partial charge in [-0.2, -0.15) is 0 Å². The Labute approximate surface area is 880 Å². The molecule has 0 aliphatic carbocycles. The van der Waals surface area contributed by atoms with Gasteiger partial charge in [-0.15, -0.1) is 0 Å². The number of aromatic nitrogens is 3. The van der Waals surface area contributed by atoms with Gasteiger partial charge in [0, 0.05) is 176 Å². The molecule has 6 rings (SSSR count). The van der Waals surface area contributed by atoms with Crippen molar-refractivity contribution in [3.8, 4) is 0 Å². The Balaban J connectivity index is 0.972. The number of ether oxygens (including phenoxy) is 1. The minimum Gasteiger partial charge on any atom is -0.480 e. The molecule has 5 unspecified atom stereocenters. The van der Waals surface area contributed by atoms with Crippen molar-refractivity contribution in [3.63, 3.8) is 0 Å². The highest BCUT2D eigenvalue weighted by Gasteiger charge is 2.39. The van der Waals surface area contributed by atoms with Crippen LogP contribution in [-0.4, -0.2) is 282 Å². The predicted molar refractivity (Wildman–Crippen MR) is 568 cm³/mol. The summed E-state index contributed by atoms with van der Waals surface area (Å²) in [5.74, 6) is -11.4. The molecule has 2 aromatic heterocycles. The Hall–Kier alpha value is -12.1. The van der Waals surface area contributed by atoms with Crippen LogP contribution in [0.15, 0.2) is 97.6 Å². The lowest BCUT2D eigenvalue weighted by Crippen LogP contribution is -2.66. The number of H-pyrrole nitrogens is 2. The second-order valence-corrected chi connectivity index (χ2v) is 42.1. The molecule has 3 aromatic carbocycles. The van der Waals surface area contributed by atoms with Crippen LogP contribution in [0.5, 0.6) is 0 Å². The van der Waals surface area contributed by atoms with E-state index < -0.39 is 172 Å². The number of carboxylic acids is 1. The van der Waals surface area contributed by atoms with Gasteiger partial charge < -0.3 is 138 Å². The number of primary amides is 2. The molecule has 44 nitrogen and oxygen atoms in total. The molecule has 3 heterocycles. The number of nitrogens with one attached hydrogen (secondary N) is 20. The van der Waals surface area contributed by atoms with Gasteiger partial charge in [0.05, 0.1) is 47.4 Å². The second kappa shape index (κ2) is 64.3. The van der Waals surface area contributed by atoms with Crippen LogP contribution < -0.4 is 119 Å². The zero-order valence-corrected chi connectivity index (χ0v) is 89.7. The van der Waals surface area contributed by atoms with Gasteiger partial charge in [-0.05, 0) is 187 Å². The molecule has 1 fully saturated rings. The predicted octanol–water partition coefficient (Wildman–Crippen LogP) is 0.506. The van der Waals surface area contributed by atoms with Crippen molar-refractivity contribution in [2.75, 3.05) is 85.1 Å². The van der Waals surface area contributed by atoms with Crippen LogP contribution in [-0.2, 0) is 112 Å². The third-order valence-electron chi connectivity index (χ3n) is 25.2. The Morgan fingerprint density at radius 2 is 1.00 bits per heavy atom. The number of nitrogens with two attached hydrogens (primary N) is 4. The molecule has 5 aromatic rings. The molecule has 148 heavy (non-hydrogen) atoms. The van der Waals surface area contributed by atoms with Crippen molar-refractivity contribution in [2.24, 2.45) is 40.7 Å². The van der Waals surface area contributed by atoms with Gasteiger partial charge in [0.25, 0.3) is 0 Å². The second-order valence-electron chi connectivity index (χ2n) is 40.8. The van der Waals surface area contributed by atoms with Crippen molar-refractivity contribution in [1.29, 1.82) is 0 Å². The first-order chi connectivity index (χ1) is 70.2. The van der Waals surface area contributed by atoms with E-state index in [0.717, 1.165) is 15.6 Å². The van der Waals surface area contributed by atoms with Crippen LogP contribution in [0.25, 0.3) is 10.9 Å². The van der Waals surface area contributed by atoms with Gasteiger partial charge in [0.15, 0.2) is 0 Å². The lowest BCUT2D eigenvalue weighted by Gasteiger charge is -2.36. The molecule has 0 radical (unpaired) electrons. The lowest BCUT2D eigenvalue weighted by atomic mass is 9.97. The fourth-order valence-corrected chi connectivity index (χ4v) is 17.1. The number of carboxylic acid groups (broad SMARTS) is 1. The molecular weight excluding hydrogens is 2020 g/mol. The summed E-state index contributed by atoms with van der Waals surface area (Å²) in [5, 5.41) is 63.1. The number of aliphatic carboxylic acids is 1. The molecular formula is C103H162IN25O19. The number of amides is 16. The Morgan fingerprint density at radius 1 is 0.473 bits per heavy atom. The monoisotopic (exact) mass is 2180 g/mol. The molecule has 16 amide bonds. The fourth-order valence-electron chi connectivity index (χ4n) is 16.7. The van der Waals surface area contributed by atoms with E-state index in [0.29, 0.717) is 99.0 Å². The number of hydrogen-bond donors (Lipinski definition) is 25. The van der Waals surface area contributed by atoms with Crippen LogP contribution in [0, 0.1) is 21.3 Å². The summed E-state index contributed by atoms with van der Waals surface area (Å²) in [6.45, 7) is 22.1. The summed E-state index contributed by atoms with van der Waals surface area (Å²) in [7, 11) is 0. The van der Waals surface area contributed by atoms with Gasteiger partial charge >= 0.3 is 5.97 Å². The smallest absolute Gasteiger partial charge is 0.326 e. The minimum atomic E-state index is -1.56. The van der Waals surface area contributed by atoms with E-state index in [2.05, 4.69) is 133 Å². The Bertz CT molecular complexity index is 5080. The topological polar surface area (TPSA) is 685 Å². The van der Waals surface area contributed by atoms with Gasteiger partial charge in [-0.25, -0.2) is 9.78 Å². The molecule has 9 atom stereocenters. The van der Waals surface area contributed by atoms with Gasteiger partial charge in [0.2, 0.25) is 94.5 Å².